The second kappa shape index (κ2) is 14.2. The topological polar surface area (TPSA) is 101 Å². The molecule has 0 unspecified atom stereocenters. The molecule has 34 heavy (non-hydrogen) atoms. The summed E-state index contributed by atoms with van der Waals surface area (Å²) in [6.45, 7) is 4.57. The first-order valence-corrected chi connectivity index (χ1v) is 12.7. The van der Waals surface area contributed by atoms with Gasteiger partial charge in [0.2, 0.25) is 16.4 Å². The molecule has 0 saturated carbocycles. The average Bonchev–Trinajstić information content (AvgIpc) is 2.85. The molecular weight excluding hydrogens is 455 g/mol. The summed E-state index contributed by atoms with van der Waals surface area (Å²) in [5, 5.41) is 2.48. The average molecular weight is 487 g/mol. The van der Waals surface area contributed by atoms with Crippen molar-refractivity contribution in [2.75, 3.05) is 0 Å². The second-order valence-electron chi connectivity index (χ2n) is 7.64. The van der Waals surface area contributed by atoms with Gasteiger partial charge in [0.05, 0.1) is 16.8 Å². The maximum atomic E-state index is 12.5. The molecule has 0 aliphatic carbocycles. The summed E-state index contributed by atoms with van der Waals surface area (Å²) in [5.74, 6) is -0.264. The van der Waals surface area contributed by atoms with Crippen molar-refractivity contribution in [2.24, 2.45) is 0 Å². The summed E-state index contributed by atoms with van der Waals surface area (Å²) >= 11 is 0. The Balaban J connectivity index is 0.000000310. The van der Waals surface area contributed by atoms with Gasteiger partial charge in [-0.15, -0.1) is 0 Å². The SMILES string of the molecule is CCCC(CCC)NS(=O)(=O)c1ccc(-c2cnccn2)cc1.O=CNCc1ccc(F)cc1. The van der Waals surface area contributed by atoms with E-state index in [9.17, 15) is 17.6 Å². The van der Waals surface area contributed by atoms with Gasteiger partial charge >= 0.3 is 0 Å². The van der Waals surface area contributed by atoms with Crippen LogP contribution in [0.5, 0.6) is 0 Å². The van der Waals surface area contributed by atoms with Crippen LogP contribution in [0.1, 0.15) is 45.1 Å². The minimum Gasteiger partial charge on any atom is -0.355 e. The molecule has 0 atom stereocenters. The number of amides is 1. The zero-order valence-electron chi connectivity index (χ0n) is 19.4. The van der Waals surface area contributed by atoms with Crippen LogP contribution in [-0.2, 0) is 21.4 Å². The van der Waals surface area contributed by atoms with Crippen LogP contribution in [0.15, 0.2) is 72.0 Å². The highest BCUT2D eigenvalue weighted by Gasteiger charge is 2.19. The number of carbonyl (C=O) groups excluding carboxylic acids is 1. The van der Waals surface area contributed by atoms with Gasteiger partial charge in [0.25, 0.3) is 0 Å². The van der Waals surface area contributed by atoms with E-state index in [2.05, 4.69) is 33.9 Å². The van der Waals surface area contributed by atoms with Crippen LogP contribution in [-0.4, -0.2) is 30.8 Å². The van der Waals surface area contributed by atoms with Crippen LogP contribution in [0, 0.1) is 5.82 Å². The summed E-state index contributed by atoms with van der Waals surface area (Å²) < 4.78 is 40.1. The van der Waals surface area contributed by atoms with Gasteiger partial charge in [-0.25, -0.2) is 17.5 Å². The largest absolute Gasteiger partial charge is 0.355 e. The molecule has 3 aromatic rings. The lowest BCUT2D eigenvalue weighted by molar-refractivity contribution is -0.109. The van der Waals surface area contributed by atoms with Crippen molar-refractivity contribution in [2.45, 2.75) is 57.0 Å². The number of hydrogen-bond donors (Lipinski definition) is 2. The van der Waals surface area contributed by atoms with Crippen LogP contribution >= 0.6 is 0 Å². The Bertz CT molecular complexity index is 1090. The molecule has 0 spiro atoms. The van der Waals surface area contributed by atoms with Crippen molar-refractivity contribution in [1.82, 2.24) is 20.0 Å². The molecule has 1 aromatic heterocycles. The Morgan fingerprint density at radius 3 is 2.15 bits per heavy atom. The van der Waals surface area contributed by atoms with Crippen molar-refractivity contribution in [3.05, 3.63) is 78.5 Å². The number of benzene rings is 2. The lowest BCUT2D eigenvalue weighted by Gasteiger charge is -2.17. The minimum atomic E-state index is -3.49. The number of nitrogens with one attached hydrogen (secondary N) is 2. The summed E-state index contributed by atoms with van der Waals surface area (Å²) in [7, 11) is -3.49. The zero-order valence-corrected chi connectivity index (χ0v) is 20.3. The van der Waals surface area contributed by atoms with Gasteiger partial charge in [-0.3, -0.25) is 14.8 Å². The third kappa shape index (κ3) is 8.99. The highest BCUT2D eigenvalue weighted by atomic mass is 32.2. The molecule has 1 amide bonds. The molecule has 9 heteroatoms. The Morgan fingerprint density at radius 2 is 1.62 bits per heavy atom. The summed E-state index contributed by atoms with van der Waals surface area (Å²) in [5.41, 5.74) is 2.45. The molecule has 0 aliphatic rings. The number of sulfonamides is 1. The van der Waals surface area contributed by atoms with Crippen molar-refractivity contribution in [3.63, 3.8) is 0 Å². The molecule has 0 fully saturated rings. The van der Waals surface area contributed by atoms with Crippen molar-refractivity contribution >= 4 is 16.4 Å². The Kier molecular flexibility index (Phi) is 11.3. The highest BCUT2D eigenvalue weighted by molar-refractivity contribution is 7.89. The van der Waals surface area contributed by atoms with Gasteiger partial charge in [-0.2, -0.15) is 0 Å². The first-order valence-electron chi connectivity index (χ1n) is 11.2. The van der Waals surface area contributed by atoms with Gasteiger partial charge < -0.3 is 5.32 Å². The third-order valence-electron chi connectivity index (χ3n) is 4.92. The normalized spacial score (nSPS) is 10.9. The van der Waals surface area contributed by atoms with Crippen molar-refractivity contribution < 1.29 is 17.6 Å². The van der Waals surface area contributed by atoms with E-state index >= 15 is 0 Å². The maximum absolute atomic E-state index is 12.5. The predicted octanol–water partition coefficient (Wildman–Crippen LogP) is 4.46. The molecule has 7 nitrogen and oxygen atoms in total. The van der Waals surface area contributed by atoms with Crippen LogP contribution in [0.3, 0.4) is 0 Å². The Hall–Kier alpha value is -3.17. The lowest BCUT2D eigenvalue weighted by Crippen LogP contribution is -2.34. The fourth-order valence-corrected chi connectivity index (χ4v) is 4.57. The van der Waals surface area contributed by atoms with Gasteiger partial charge in [-0.1, -0.05) is 51.0 Å². The number of halogens is 1. The van der Waals surface area contributed by atoms with E-state index in [0.717, 1.165) is 42.5 Å². The zero-order chi connectivity index (χ0) is 24.8. The van der Waals surface area contributed by atoms with Crippen molar-refractivity contribution in [3.8, 4) is 11.3 Å². The van der Waals surface area contributed by atoms with Gasteiger partial charge in [0.15, 0.2) is 0 Å². The smallest absolute Gasteiger partial charge is 0.240 e. The Labute approximate surface area is 200 Å². The Morgan fingerprint density at radius 1 is 0.971 bits per heavy atom. The summed E-state index contributed by atoms with van der Waals surface area (Å²) in [4.78, 5) is 18.4. The highest BCUT2D eigenvalue weighted by Crippen LogP contribution is 2.19. The van der Waals surface area contributed by atoms with E-state index in [-0.39, 0.29) is 16.8 Å². The molecule has 182 valence electrons. The number of carbonyl (C=O) groups is 1. The molecule has 0 aliphatic heterocycles. The summed E-state index contributed by atoms with van der Waals surface area (Å²) in [6.07, 6.45) is 9.10. The van der Waals surface area contributed by atoms with Crippen LogP contribution in [0.4, 0.5) is 4.39 Å². The number of nitrogens with zero attached hydrogens (tertiary/aromatic N) is 2. The van der Waals surface area contributed by atoms with E-state index in [1.165, 1.54) is 12.1 Å². The molecule has 0 radical (unpaired) electrons. The van der Waals surface area contributed by atoms with E-state index in [0.29, 0.717) is 13.0 Å². The molecule has 2 aromatic carbocycles. The van der Waals surface area contributed by atoms with E-state index in [1.807, 2.05) is 0 Å². The minimum absolute atomic E-state index is 0.00494. The number of aromatic nitrogens is 2. The van der Waals surface area contributed by atoms with Crippen LogP contribution < -0.4 is 10.0 Å². The van der Waals surface area contributed by atoms with Gasteiger partial charge in [0, 0.05) is 30.5 Å². The molecule has 0 saturated heterocycles. The monoisotopic (exact) mass is 486 g/mol. The van der Waals surface area contributed by atoms with Crippen LogP contribution in [0.2, 0.25) is 0 Å². The van der Waals surface area contributed by atoms with E-state index < -0.39 is 10.0 Å². The fourth-order valence-electron chi connectivity index (χ4n) is 3.26. The fraction of sp³-hybridized carbons (Fsp3) is 0.320. The molecular formula is C25H31FN4O3S. The summed E-state index contributed by atoms with van der Waals surface area (Å²) in [6, 6.07) is 12.7. The lowest BCUT2D eigenvalue weighted by atomic mass is 10.1. The molecule has 0 bridgehead atoms. The first-order chi connectivity index (χ1) is 16.4. The number of hydrogen-bond acceptors (Lipinski definition) is 5. The quantitative estimate of drug-likeness (QED) is 0.390. The van der Waals surface area contributed by atoms with Crippen molar-refractivity contribution in [1.29, 1.82) is 0 Å². The van der Waals surface area contributed by atoms with E-state index in [1.54, 1.807) is 55.0 Å². The molecule has 2 N–H and O–H groups in total. The van der Waals surface area contributed by atoms with Gasteiger partial charge in [0.1, 0.15) is 5.82 Å². The predicted molar refractivity (Wildman–Crippen MR) is 131 cm³/mol. The molecule has 1 heterocycles. The first kappa shape index (κ1) is 27.1. The number of rotatable bonds is 11. The maximum Gasteiger partial charge on any atom is 0.240 e. The second-order valence-corrected chi connectivity index (χ2v) is 9.35. The standard InChI is InChI=1S/C17H23N3O2S.C8H8FNO/c1-3-5-15(6-4-2)20-23(21,22)16-9-7-14(8-10-16)17-13-18-11-12-19-17;9-8-3-1-7(2-4-8)5-10-6-11/h7-13,15,20H,3-6H2,1-2H3;1-4,6H,5H2,(H,10,11). The third-order valence-corrected chi connectivity index (χ3v) is 6.46. The van der Waals surface area contributed by atoms with E-state index in [4.69, 9.17) is 0 Å². The van der Waals surface area contributed by atoms with Gasteiger partial charge in [-0.05, 0) is 42.7 Å². The molecule has 3 rings (SSSR count). The van der Waals surface area contributed by atoms with Crippen LogP contribution in [0.25, 0.3) is 11.3 Å².